The van der Waals surface area contributed by atoms with Crippen LogP contribution in [0.15, 0.2) is 12.2 Å². The van der Waals surface area contributed by atoms with Crippen LogP contribution in [-0.4, -0.2) is 73.4 Å². The molecule has 0 aliphatic carbocycles. The van der Waals surface area contributed by atoms with E-state index < -0.39 is 20.0 Å². The lowest BCUT2D eigenvalue weighted by Crippen LogP contribution is -2.45. The van der Waals surface area contributed by atoms with Crippen molar-refractivity contribution >= 4 is 13.7 Å². The molecule has 8 nitrogen and oxygen atoms in total. The van der Waals surface area contributed by atoms with Gasteiger partial charge in [0, 0.05) is 6.42 Å². The molecule has 0 saturated carbocycles. The highest BCUT2D eigenvalue weighted by Gasteiger charge is 2.27. The summed E-state index contributed by atoms with van der Waals surface area (Å²) in [6.07, 6.45) is 58.8. The molecule has 0 radical (unpaired) electrons. The minimum absolute atomic E-state index is 0.0651. The van der Waals surface area contributed by atoms with Crippen LogP contribution in [0.3, 0.4) is 0 Å². The van der Waals surface area contributed by atoms with Crippen LogP contribution >= 0.6 is 7.82 Å². The Morgan fingerprint density at radius 3 is 1.14 bits per heavy atom. The first-order valence-electron chi connectivity index (χ1n) is 28.6. The highest BCUT2D eigenvalue weighted by Crippen LogP contribution is 2.43. The van der Waals surface area contributed by atoms with Gasteiger partial charge in [0.1, 0.15) is 13.2 Å². The molecular weight excluding hydrogens is 828 g/mol. The normalized spacial score (nSPS) is 14.0. The van der Waals surface area contributed by atoms with Crippen molar-refractivity contribution in [1.82, 2.24) is 5.32 Å². The number of phosphoric ester groups is 1. The Kier molecular flexibility index (Phi) is 47.7. The fourth-order valence-corrected chi connectivity index (χ4v) is 9.49. The molecule has 3 unspecified atom stereocenters. The van der Waals surface area contributed by atoms with E-state index in [2.05, 4.69) is 19.2 Å². The molecule has 0 rings (SSSR count). The summed E-state index contributed by atoms with van der Waals surface area (Å²) in [5.74, 6) is -0.171. The number of allylic oxidation sites excluding steroid dienone is 1. The number of unbranched alkanes of at least 4 members (excludes halogenated alkanes) is 40. The van der Waals surface area contributed by atoms with Gasteiger partial charge in [-0.2, -0.15) is 0 Å². The topological polar surface area (TPSA) is 105 Å². The molecule has 0 aromatic carbocycles. The van der Waals surface area contributed by atoms with E-state index in [9.17, 15) is 19.4 Å². The van der Waals surface area contributed by atoms with E-state index >= 15 is 0 Å². The first-order valence-corrected chi connectivity index (χ1v) is 30.1. The minimum atomic E-state index is -4.34. The van der Waals surface area contributed by atoms with Gasteiger partial charge in [0.05, 0.1) is 39.9 Å². The average Bonchev–Trinajstić information content (AvgIpc) is 3.26. The molecule has 0 aliphatic rings. The minimum Gasteiger partial charge on any atom is -0.387 e. The van der Waals surface area contributed by atoms with Crippen molar-refractivity contribution in [3.05, 3.63) is 12.2 Å². The third-order valence-electron chi connectivity index (χ3n) is 13.3. The van der Waals surface area contributed by atoms with E-state index in [1.807, 2.05) is 27.2 Å². The number of carbonyl (C=O) groups is 1. The fourth-order valence-electron chi connectivity index (χ4n) is 8.75. The number of nitrogens with one attached hydrogen (secondary N) is 1. The van der Waals surface area contributed by atoms with Crippen LogP contribution < -0.4 is 5.32 Å². The molecule has 3 N–H and O–H groups in total. The van der Waals surface area contributed by atoms with Crippen molar-refractivity contribution in [3.8, 4) is 0 Å². The number of quaternary nitrogens is 1. The highest BCUT2D eigenvalue weighted by atomic mass is 31.2. The number of likely N-dealkylation sites (N-methyl/N-ethyl adjacent to an activating group) is 1. The lowest BCUT2D eigenvalue weighted by atomic mass is 10.0. The van der Waals surface area contributed by atoms with E-state index in [1.165, 1.54) is 238 Å². The molecule has 3 atom stereocenters. The fraction of sp³-hybridized carbons (Fsp3) is 0.946. The molecule has 0 heterocycles. The number of hydrogen-bond donors (Lipinski definition) is 3. The number of phosphoric acid groups is 1. The van der Waals surface area contributed by atoms with Gasteiger partial charge in [-0.05, 0) is 19.3 Å². The summed E-state index contributed by atoms with van der Waals surface area (Å²) in [5.41, 5.74) is 0. The number of hydrogen-bond acceptors (Lipinski definition) is 5. The quantitative estimate of drug-likeness (QED) is 0.0243. The van der Waals surface area contributed by atoms with Crippen molar-refractivity contribution in [2.24, 2.45) is 0 Å². The van der Waals surface area contributed by atoms with Gasteiger partial charge in [-0.15, -0.1) is 0 Å². The first-order chi connectivity index (χ1) is 31.5. The van der Waals surface area contributed by atoms with Crippen LogP contribution in [0.1, 0.15) is 290 Å². The Labute approximate surface area is 405 Å². The van der Waals surface area contributed by atoms with E-state index in [1.54, 1.807) is 6.08 Å². The highest BCUT2D eigenvalue weighted by molar-refractivity contribution is 7.47. The molecule has 0 aromatic heterocycles. The lowest BCUT2D eigenvalue weighted by Gasteiger charge is -2.25. The predicted octanol–water partition coefficient (Wildman–Crippen LogP) is 17.0. The van der Waals surface area contributed by atoms with Crippen LogP contribution in [0, 0.1) is 0 Å². The molecule has 65 heavy (non-hydrogen) atoms. The molecule has 0 fully saturated rings. The summed E-state index contributed by atoms with van der Waals surface area (Å²) in [5, 5.41) is 13.9. The largest absolute Gasteiger partial charge is 0.472 e. The van der Waals surface area contributed by atoms with Crippen molar-refractivity contribution < 1.29 is 32.9 Å². The van der Waals surface area contributed by atoms with E-state index in [-0.39, 0.29) is 19.1 Å². The summed E-state index contributed by atoms with van der Waals surface area (Å²) < 4.78 is 23.7. The Morgan fingerprint density at radius 1 is 0.508 bits per heavy atom. The second-order valence-electron chi connectivity index (χ2n) is 21.0. The molecule has 0 saturated heterocycles. The Balaban J connectivity index is 4.15. The summed E-state index contributed by atoms with van der Waals surface area (Å²) in [4.78, 5) is 23.3. The SMILES string of the molecule is CCCCCCCCCCCCCCCCCCCCCCCCCCC/C=C/C(O)C(COP(=O)(O)OCC[N+](C)(C)C)NC(=O)CCCCCCCCCCCCCCCCCC. The number of aliphatic hydroxyl groups excluding tert-OH is 1. The third kappa shape index (κ3) is 50.9. The molecule has 1 amide bonds. The zero-order valence-electron chi connectivity index (χ0n) is 44.3. The zero-order chi connectivity index (χ0) is 47.8. The van der Waals surface area contributed by atoms with Crippen LogP contribution in [0.25, 0.3) is 0 Å². The standard InChI is InChI=1S/C56H113N2O6P/c1-6-8-10-12-14-16-18-20-22-24-25-26-27-28-29-30-31-32-33-34-35-37-39-41-43-45-47-49-55(59)54(53-64-65(61,62)63-52-51-58(3,4)5)57-56(60)50-48-46-44-42-40-38-36-23-21-19-17-15-13-11-9-7-2/h47,49,54-55,59H,6-46,48,50-53H2,1-5H3,(H-,57,60,61,62)/p+1/b49-47+. The molecule has 0 bridgehead atoms. The maximum Gasteiger partial charge on any atom is 0.472 e. The zero-order valence-corrected chi connectivity index (χ0v) is 45.2. The predicted molar refractivity (Wildman–Crippen MR) is 282 cm³/mol. The summed E-state index contributed by atoms with van der Waals surface area (Å²) >= 11 is 0. The molecule has 9 heteroatoms. The van der Waals surface area contributed by atoms with Gasteiger partial charge in [-0.3, -0.25) is 13.8 Å². The monoisotopic (exact) mass is 942 g/mol. The maximum absolute atomic E-state index is 12.9. The van der Waals surface area contributed by atoms with Gasteiger partial charge in [0.25, 0.3) is 0 Å². The first kappa shape index (κ1) is 64.2. The van der Waals surface area contributed by atoms with Gasteiger partial charge in [-0.1, -0.05) is 276 Å². The molecule has 388 valence electrons. The smallest absolute Gasteiger partial charge is 0.387 e. The van der Waals surface area contributed by atoms with Gasteiger partial charge >= 0.3 is 7.82 Å². The third-order valence-corrected chi connectivity index (χ3v) is 14.2. The van der Waals surface area contributed by atoms with Crippen molar-refractivity contribution in [2.45, 2.75) is 302 Å². The summed E-state index contributed by atoms with van der Waals surface area (Å²) in [6, 6.07) is -0.841. The molecule has 0 aromatic rings. The Hall–Kier alpha value is -0.760. The van der Waals surface area contributed by atoms with Crippen LogP contribution in [-0.2, 0) is 18.4 Å². The van der Waals surface area contributed by atoms with E-state index in [0.29, 0.717) is 17.4 Å². The molecular formula is C56H114N2O6P+. The van der Waals surface area contributed by atoms with Gasteiger partial charge in [0.15, 0.2) is 0 Å². The van der Waals surface area contributed by atoms with Crippen LogP contribution in [0.2, 0.25) is 0 Å². The van der Waals surface area contributed by atoms with E-state index in [4.69, 9.17) is 9.05 Å². The van der Waals surface area contributed by atoms with Crippen molar-refractivity contribution in [3.63, 3.8) is 0 Å². The van der Waals surface area contributed by atoms with Crippen molar-refractivity contribution in [1.29, 1.82) is 0 Å². The van der Waals surface area contributed by atoms with Crippen molar-refractivity contribution in [2.75, 3.05) is 40.9 Å². The van der Waals surface area contributed by atoms with Gasteiger partial charge in [-0.25, -0.2) is 4.57 Å². The summed E-state index contributed by atoms with van der Waals surface area (Å²) in [6.45, 7) is 4.86. The van der Waals surface area contributed by atoms with Gasteiger partial charge < -0.3 is 19.8 Å². The maximum atomic E-state index is 12.9. The number of rotatable bonds is 53. The number of amides is 1. The van der Waals surface area contributed by atoms with Crippen LogP contribution in [0.5, 0.6) is 0 Å². The molecule has 0 aliphatic heterocycles. The van der Waals surface area contributed by atoms with E-state index in [0.717, 1.165) is 32.1 Å². The number of carbonyl (C=O) groups excluding carboxylic acids is 1. The average molecular weight is 943 g/mol. The second-order valence-corrected chi connectivity index (χ2v) is 22.5. The second kappa shape index (κ2) is 48.3. The molecule has 0 spiro atoms. The Bertz CT molecular complexity index is 1070. The number of aliphatic hydroxyl groups is 1. The number of nitrogens with zero attached hydrogens (tertiary/aromatic N) is 1. The van der Waals surface area contributed by atoms with Crippen LogP contribution in [0.4, 0.5) is 0 Å². The van der Waals surface area contributed by atoms with Gasteiger partial charge in [0.2, 0.25) is 5.91 Å². The summed E-state index contributed by atoms with van der Waals surface area (Å²) in [7, 11) is 1.59. The Morgan fingerprint density at radius 2 is 0.815 bits per heavy atom. The lowest BCUT2D eigenvalue weighted by molar-refractivity contribution is -0.870.